The highest BCUT2D eigenvalue weighted by Crippen LogP contribution is 2.27. The minimum atomic E-state index is -0.427. The van der Waals surface area contributed by atoms with Gasteiger partial charge in [0.1, 0.15) is 0 Å². The van der Waals surface area contributed by atoms with Crippen molar-refractivity contribution in [3.63, 3.8) is 0 Å². The highest BCUT2D eigenvalue weighted by molar-refractivity contribution is 4.75. The van der Waals surface area contributed by atoms with Crippen molar-refractivity contribution < 1.29 is 5.11 Å². The third kappa shape index (κ3) is 6.42. The number of rotatable bonds is 8. The first-order valence-corrected chi connectivity index (χ1v) is 6.28. The normalized spacial score (nSPS) is 17.8. The second-order valence-electron chi connectivity index (χ2n) is 4.87. The maximum Gasteiger partial charge on any atom is 0.0622 e. The summed E-state index contributed by atoms with van der Waals surface area (Å²) < 4.78 is 0. The van der Waals surface area contributed by atoms with E-state index in [2.05, 4.69) is 20.8 Å². The molecular formula is C13H28O. The molecule has 0 saturated carbocycles. The summed E-state index contributed by atoms with van der Waals surface area (Å²) in [5, 5.41) is 10.1. The van der Waals surface area contributed by atoms with Crippen LogP contribution in [0.5, 0.6) is 0 Å². The van der Waals surface area contributed by atoms with Crippen LogP contribution < -0.4 is 0 Å². The molecular weight excluding hydrogens is 172 g/mol. The van der Waals surface area contributed by atoms with Crippen molar-refractivity contribution in [3.8, 4) is 0 Å². The molecule has 2 atom stereocenters. The molecule has 2 unspecified atom stereocenters. The van der Waals surface area contributed by atoms with Gasteiger partial charge in [0, 0.05) is 0 Å². The van der Waals surface area contributed by atoms with Gasteiger partial charge in [0.15, 0.2) is 0 Å². The lowest BCUT2D eigenvalue weighted by atomic mass is 9.84. The summed E-state index contributed by atoms with van der Waals surface area (Å²) in [6, 6.07) is 0. The van der Waals surface area contributed by atoms with E-state index >= 15 is 0 Å². The molecule has 86 valence electrons. The molecule has 0 saturated heterocycles. The summed E-state index contributed by atoms with van der Waals surface area (Å²) in [7, 11) is 0. The second kappa shape index (κ2) is 7.28. The van der Waals surface area contributed by atoms with Crippen LogP contribution in [-0.2, 0) is 0 Å². The topological polar surface area (TPSA) is 20.2 Å². The zero-order valence-electron chi connectivity index (χ0n) is 10.5. The first kappa shape index (κ1) is 14.0. The van der Waals surface area contributed by atoms with E-state index in [4.69, 9.17) is 0 Å². The van der Waals surface area contributed by atoms with E-state index < -0.39 is 5.60 Å². The van der Waals surface area contributed by atoms with E-state index in [1.54, 1.807) is 0 Å². The van der Waals surface area contributed by atoms with Crippen LogP contribution in [0, 0.1) is 5.92 Å². The van der Waals surface area contributed by atoms with Crippen LogP contribution in [-0.4, -0.2) is 10.7 Å². The van der Waals surface area contributed by atoms with Crippen LogP contribution in [0.4, 0.5) is 0 Å². The molecule has 14 heavy (non-hydrogen) atoms. The molecule has 0 aliphatic carbocycles. The Bertz CT molecular complexity index is 129. The van der Waals surface area contributed by atoms with Crippen LogP contribution in [0.2, 0.25) is 0 Å². The fourth-order valence-electron chi connectivity index (χ4n) is 2.21. The quantitative estimate of drug-likeness (QED) is 0.624. The van der Waals surface area contributed by atoms with Gasteiger partial charge in [-0.2, -0.15) is 0 Å². The Morgan fingerprint density at radius 3 is 2.21 bits per heavy atom. The van der Waals surface area contributed by atoms with E-state index in [0.29, 0.717) is 0 Å². The van der Waals surface area contributed by atoms with E-state index in [1.165, 1.54) is 25.7 Å². The minimum absolute atomic E-state index is 0.427. The first-order valence-electron chi connectivity index (χ1n) is 6.28. The third-order valence-electron chi connectivity index (χ3n) is 3.06. The van der Waals surface area contributed by atoms with Crippen LogP contribution in [0.1, 0.15) is 72.6 Å². The van der Waals surface area contributed by atoms with Crippen molar-refractivity contribution in [2.75, 3.05) is 0 Å². The summed E-state index contributed by atoms with van der Waals surface area (Å²) in [6.07, 6.45) is 8.07. The first-order chi connectivity index (χ1) is 6.55. The molecule has 1 heteroatoms. The van der Waals surface area contributed by atoms with Gasteiger partial charge in [-0.05, 0) is 25.7 Å². The number of unbranched alkanes of at least 4 members (excludes halogenated alkanes) is 1. The standard InChI is InChI=1S/C13H28O/c1-5-8-9-12(7-3)11-13(4,14)10-6-2/h12,14H,5-11H2,1-4H3. The fraction of sp³-hybridized carbons (Fsp3) is 1.00. The van der Waals surface area contributed by atoms with Crippen molar-refractivity contribution in [2.45, 2.75) is 78.2 Å². The summed E-state index contributed by atoms with van der Waals surface area (Å²) in [6.45, 7) is 8.60. The van der Waals surface area contributed by atoms with E-state index in [0.717, 1.165) is 25.2 Å². The molecule has 0 fully saturated rings. The number of hydrogen-bond donors (Lipinski definition) is 1. The van der Waals surface area contributed by atoms with Crippen molar-refractivity contribution in [1.29, 1.82) is 0 Å². The van der Waals surface area contributed by atoms with E-state index in [1.807, 2.05) is 6.92 Å². The molecule has 0 spiro atoms. The van der Waals surface area contributed by atoms with Crippen LogP contribution >= 0.6 is 0 Å². The predicted molar refractivity (Wildman–Crippen MR) is 63.5 cm³/mol. The maximum absolute atomic E-state index is 10.1. The lowest BCUT2D eigenvalue weighted by Crippen LogP contribution is -2.27. The molecule has 0 aromatic rings. The zero-order chi connectivity index (χ0) is 11.0. The summed E-state index contributed by atoms with van der Waals surface area (Å²) in [5.74, 6) is 0.719. The van der Waals surface area contributed by atoms with Gasteiger partial charge < -0.3 is 5.11 Å². The Kier molecular flexibility index (Phi) is 7.26. The minimum Gasteiger partial charge on any atom is -0.390 e. The Balaban J connectivity index is 3.89. The SMILES string of the molecule is CCCCC(CC)CC(C)(O)CCC. The molecule has 0 aliphatic rings. The van der Waals surface area contributed by atoms with Gasteiger partial charge in [0.05, 0.1) is 5.60 Å². The summed E-state index contributed by atoms with van der Waals surface area (Å²) in [5.41, 5.74) is -0.427. The third-order valence-corrected chi connectivity index (χ3v) is 3.06. The van der Waals surface area contributed by atoms with Crippen molar-refractivity contribution in [1.82, 2.24) is 0 Å². The zero-order valence-corrected chi connectivity index (χ0v) is 10.5. The lowest BCUT2D eigenvalue weighted by Gasteiger charge is -2.27. The molecule has 0 bridgehead atoms. The smallest absolute Gasteiger partial charge is 0.0622 e. The highest BCUT2D eigenvalue weighted by Gasteiger charge is 2.23. The molecule has 0 radical (unpaired) electrons. The van der Waals surface area contributed by atoms with Gasteiger partial charge >= 0.3 is 0 Å². The van der Waals surface area contributed by atoms with E-state index in [9.17, 15) is 5.11 Å². The molecule has 0 aromatic carbocycles. The van der Waals surface area contributed by atoms with E-state index in [-0.39, 0.29) is 0 Å². The largest absolute Gasteiger partial charge is 0.390 e. The molecule has 1 N–H and O–H groups in total. The molecule has 0 rings (SSSR count). The van der Waals surface area contributed by atoms with Crippen LogP contribution in [0.25, 0.3) is 0 Å². The van der Waals surface area contributed by atoms with Gasteiger partial charge in [0.25, 0.3) is 0 Å². The molecule has 0 aromatic heterocycles. The fourth-order valence-corrected chi connectivity index (χ4v) is 2.21. The number of aliphatic hydroxyl groups is 1. The molecule has 0 aliphatic heterocycles. The second-order valence-corrected chi connectivity index (χ2v) is 4.87. The Morgan fingerprint density at radius 2 is 1.79 bits per heavy atom. The van der Waals surface area contributed by atoms with Crippen molar-refractivity contribution in [3.05, 3.63) is 0 Å². The molecule has 0 amide bonds. The maximum atomic E-state index is 10.1. The Hall–Kier alpha value is -0.0400. The average molecular weight is 200 g/mol. The highest BCUT2D eigenvalue weighted by atomic mass is 16.3. The predicted octanol–water partition coefficient (Wildman–Crippen LogP) is 4.14. The van der Waals surface area contributed by atoms with Crippen LogP contribution in [0.3, 0.4) is 0 Å². The van der Waals surface area contributed by atoms with Crippen molar-refractivity contribution >= 4 is 0 Å². The van der Waals surface area contributed by atoms with Gasteiger partial charge in [-0.15, -0.1) is 0 Å². The number of hydrogen-bond acceptors (Lipinski definition) is 1. The Morgan fingerprint density at radius 1 is 1.14 bits per heavy atom. The monoisotopic (exact) mass is 200 g/mol. The van der Waals surface area contributed by atoms with Crippen molar-refractivity contribution in [2.24, 2.45) is 5.92 Å². The summed E-state index contributed by atoms with van der Waals surface area (Å²) in [4.78, 5) is 0. The molecule has 0 heterocycles. The molecule has 1 nitrogen and oxygen atoms in total. The Labute approximate surface area is 89.9 Å². The lowest BCUT2D eigenvalue weighted by molar-refractivity contribution is 0.0224. The average Bonchev–Trinajstić information content (AvgIpc) is 2.12. The summed E-state index contributed by atoms with van der Waals surface area (Å²) >= 11 is 0. The van der Waals surface area contributed by atoms with Gasteiger partial charge in [0.2, 0.25) is 0 Å². The van der Waals surface area contributed by atoms with Gasteiger partial charge in [-0.1, -0.05) is 52.9 Å². The van der Waals surface area contributed by atoms with Crippen LogP contribution in [0.15, 0.2) is 0 Å². The van der Waals surface area contributed by atoms with Gasteiger partial charge in [-0.3, -0.25) is 0 Å². The van der Waals surface area contributed by atoms with Gasteiger partial charge in [-0.25, -0.2) is 0 Å².